The third-order valence-corrected chi connectivity index (χ3v) is 0. The summed E-state index contributed by atoms with van der Waals surface area (Å²) < 4.78 is 0. The summed E-state index contributed by atoms with van der Waals surface area (Å²) in [6, 6.07) is 0. The van der Waals surface area contributed by atoms with Crippen LogP contribution in [0.1, 0.15) is 27.7 Å². The van der Waals surface area contributed by atoms with Crippen LogP contribution in [0, 0.1) is 38.6 Å². The van der Waals surface area contributed by atoms with Gasteiger partial charge in [-0.3, -0.25) is 0 Å². The van der Waals surface area contributed by atoms with Gasteiger partial charge in [-0.1, -0.05) is 27.7 Å². The first kappa shape index (κ1) is 16.3. The van der Waals surface area contributed by atoms with Crippen LogP contribution in [-0.4, -0.2) is 0 Å². The van der Waals surface area contributed by atoms with Crippen molar-refractivity contribution in [1.82, 2.24) is 0 Å². The van der Waals surface area contributed by atoms with Gasteiger partial charge in [0.15, 0.2) is 0 Å². The molecule has 0 rings (SSSR count). The van der Waals surface area contributed by atoms with Gasteiger partial charge in [0.05, 0.1) is 0 Å². The van der Waals surface area contributed by atoms with Crippen LogP contribution >= 0.6 is 0 Å². The summed E-state index contributed by atoms with van der Waals surface area (Å²) in [4.78, 5) is 0. The van der Waals surface area contributed by atoms with Gasteiger partial charge < -0.3 is 0 Å². The number of hydrogen-bond acceptors (Lipinski definition) is 0. The van der Waals surface area contributed by atoms with E-state index in [0.29, 0.717) is 0 Å². The van der Waals surface area contributed by atoms with Gasteiger partial charge in [0, 0.05) is 38.6 Å². The van der Waals surface area contributed by atoms with Crippen LogP contribution < -0.4 is 0 Å². The maximum atomic E-state index is 2.00. The van der Waals surface area contributed by atoms with Gasteiger partial charge in [-0.25, -0.2) is 0 Å². The maximum absolute atomic E-state index is 2.00. The zero-order valence-corrected chi connectivity index (χ0v) is 6.47. The molecule has 0 nitrogen and oxygen atoms in total. The second kappa shape index (κ2) is 58.7. The molecule has 0 saturated carbocycles. The van der Waals surface area contributed by atoms with Crippen molar-refractivity contribution in [1.29, 1.82) is 0 Å². The SMILES string of the molecule is CC.CC.[Tb]. The normalized spacial score (nSPS) is 2.40. The molecule has 0 amide bonds. The van der Waals surface area contributed by atoms with E-state index < -0.39 is 0 Å². The van der Waals surface area contributed by atoms with Crippen LogP contribution in [0.2, 0.25) is 0 Å². The van der Waals surface area contributed by atoms with Crippen LogP contribution in [-0.2, 0) is 0 Å². The Bertz CT molecular complexity index is 3.61. The smallest absolute Gasteiger partial charge is 0 e. The molecule has 0 bridgehead atoms. The Labute approximate surface area is 65.8 Å². The van der Waals surface area contributed by atoms with Gasteiger partial charge in [0.1, 0.15) is 0 Å². The molecule has 0 aliphatic rings. The number of rotatable bonds is 0. The van der Waals surface area contributed by atoms with E-state index in [4.69, 9.17) is 0 Å². The van der Waals surface area contributed by atoms with E-state index in [2.05, 4.69) is 0 Å². The predicted molar refractivity (Wildman–Crippen MR) is 22.7 cm³/mol. The van der Waals surface area contributed by atoms with Crippen molar-refractivity contribution in [2.24, 2.45) is 0 Å². The quantitative estimate of drug-likeness (QED) is 0.584. The first-order valence-corrected chi connectivity index (χ1v) is 2.00. The summed E-state index contributed by atoms with van der Waals surface area (Å²) in [5.41, 5.74) is 0. The van der Waals surface area contributed by atoms with Crippen LogP contribution in [0.5, 0.6) is 0 Å². The van der Waals surface area contributed by atoms with Gasteiger partial charge in [0.25, 0.3) is 0 Å². The fourth-order valence-electron chi connectivity index (χ4n) is 0. The van der Waals surface area contributed by atoms with Crippen molar-refractivity contribution < 1.29 is 38.6 Å². The van der Waals surface area contributed by atoms with E-state index >= 15 is 0 Å². The average molecular weight is 219 g/mol. The van der Waals surface area contributed by atoms with Crippen molar-refractivity contribution in [3.05, 3.63) is 0 Å². The van der Waals surface area contributed by atoms with Crippen molar-refractivity contribution in [3.8, 4) is 0 Å². The summed E-state index contributed by atoms with van der Waals surface area (Å²) in [6.07, 6.45) is 0. The molecule has 0 aromatic carbocycles. The molecule has 5 heavy (non-hydrogen) atoms. The second-order valence-electron chi connectivity index (χ2n) is 0. The molecule has 0 aromatic heterocycles. The fourth-order valence-corrected chi connectivity index (χ4v) is 0. The van der Waals surface area contributed by atoms with Crippen LogP contribution in [0.4, 0.5) is 0 Å². The van der Waals surface area contributed by atoms with E-state index in [0.717, 1.165) is 0 Å². The van der Waals surface area contributed by atoms with Crippen LogP contribution in [0.15, 0.2) is 0 Å². The zero-order valence-electron chi connectivity index (χ0n) is 4.33. The Hall–Kier alpha value is 1.29. The first-order chi connectivity index (χ1) is 2.00. The molecule has 1 heteroatoms. The van der Waals surface area contributed by atoms with E-state index in [-0.39, 0.29) is 38.6 Å². The molecule has 37 valence electrons. The molecule has 0 aliphatic carbocycles. The van der Waals surface area contributed by atoms with E-state index in [9.17, 15) is 0 Å². The van der Waals surface area contributed by atoms with Gasteiger partial charge in [-0.2, -0.15) is 0 Å². The first-order valence-electron chi connectivity index (χ1n) is 2.00. The zero-order chi connectivity index (χ0) is 4.00. The van der Waals surface area contributed by atoms with Gasteiger partial charge in [-0.05, 0) is 0 Å². The molecule has 0 spiro atoms. The predicted octanol–water partition coefficient (Wildman–Crippen LogP) is 2.05. The molecule has 0 fully saturated rings. The minimum Gasteiger partial charge on any atom is -0.0683 e. The standard InChI is InChI=1S/2C2H6.Tb/c2*1-2;/h2*1-2H3;. The van der Waals surface area contributed by atoms with E-state index in [1.54, 1.807) is 0 Å². The third-order valence-electron chi connectivity index (χ3n) is 0. The van der Waals surface area contributed by atoms with E-state index in [1.165, 1.54) is 0 Å². The summed E-state index contributed by atoms with van der Waals surface area (Å²) in [7, 11) is 0. The Morgan fingerprint density at radius 1 is 0.600 bits per heavy atom. The molecule has 0 unspecified atom stereocenters. The summed E-state index contributed by atoms with van der Waals surface area (Å²) in [6.45, 7) is 8.00. The maximum Gasteiger partial charge on any atom is 0 e. The minimum absolute atomic E-state index is 0. The van der Waals surface area contributed by atoms with Crippen molar-refractivity contribution in [2.75, 3.05) is 0 Å². The Morgan fingerprint density at radius 2 is 0.600 bits per heavy atom. The van der Waals surface area contributed by atoms with Gasteiger partial charge in [0.2, 0.25) is 0 Å². The molecule has 0 saturated heterocycles. The Balaban J connectivity index is -0.0000000133. The largest absolute Gasteiger partial charge is 0.0683 e. The Kier molecular flexibility index (Phi) is 191. The van der Waals surface area contributed by atoms with Crippen molar-refractivity contribution >= 4 is 0 Å². The summed E-state index contributed by atoms with van der Waals surface area (Å²) in [5, 5.41) is 0. The molecule has 1 radical (unpaired) electrons. The average Bonchev–Trinajstić information content (AvgIpc) is 1.50. The van der Waals surface area contributed by atoms with Gasteiger partial charge >= 0.3 is 0 Å². The second-order valence-corrected chi connectivity index (χ2v) is 0. The van der Waals surface area contributed by atoms with Gasteiger partial charge in [-0.15, -0.1) is 0 Å². The van der Waals surface area contributed by atoms with Crippen LogP contribution in [0.25, 0.3) is 0 Å². The minimum atomic E-state index is 0. The third kappa shape index (κ3) is 34.5. The molecule has 0 N–H and O–H groups in total. The topological polar surface area (TPSA) is 0 Å². The Morgan fingerprint density at radius 3 is 0.600 bits per heavy atom. The van der Waals surface area contributed by atoms with Crippen molar-refractivity contribution in [3.63, 3.8) is 0 Å². The molecule has 0 atom stereocenters. The molecule has 0 aliphatic heterocycles. The van der Waals surface area contributed by atoms with Crippen LogP contribution in [0.3, 0.4) is 0 Å². The molecule has 0 aromatic rings. The molecular weight excluding hydrogens is 207 g/mol. The fraction of sp³-hybridized carbons (Fsp3) is 1.00. The van der Waals surface area contributed by atoms with Crippen molar-refractivity contribution in [2.45, 2.75) is 27.7 Å². The summed E-state index contributed by atoms with van der Waals surface area (Å²) in [5.74, 6) is 0. The van der Waals surface area contributed by atoms with E-state index in [1.807, 2.05) is 27.7 Å². The molecule has 0 heterocycles. The molecular formula is C4H12Tb. The summed E-state index contributed by atoms with van der Waals surface area (Å²) >= 11 is 0. The number of hydrogen-bond donors (Lipinski definition) is 0. The monoisotopic (exact) mass is 219 g/mol.